The standard InChI is InChI=1S/C22H12Br2O2/c23-15-7-3-5-13(11-15)19-20(17-9-1-2-10-18(17)22(19)26)21(25)14-6-4-8-16(24)12-14/h1-12H. The average molecular weight is 468 g/mol. The molecule has 0 heterocycles. The summed E-state index contributed by atoms with van der Waals surface area (Å²) in [7, 11) is 0. The van der Waals surface area contributed by atoms with Crippen molar-refractivity contribution in [3.8, 4) is 0 Å². The van der Waals surface area contributed by atoms with Crippen LogP contribution in [-0.2, 0) is 0 Å². The third-order valence-electron chi connectivity index (χ3n) is 4.35. The molecule has 0 aliphatic heterocycles. The van der Waals surface area contributed by atoms with Crippen LogP contribution < -0.4 is 0 Å². The summed E-state index contributed by atoms with van der Waals surface area (Å²) < 4.78 is 1.69. The molecular weight excluding hydrogens is 456 g/mol. The maximum Gasteiger partial charge on any atom is 0.195 e. The Bertz CT molecular complexity index is 1100. The molecule has 1 aliphatic carbocycles. The summed E-state index contributed by atoms with van der Waals surface area (Å²) in [6.07, 6.45) is 0. The molecule has 0 radical (unpaired) electrons. The first-order valence-electron chi connectivity index (χ1n) is 8.01. The van der Waals surface area contributed by atoms with Crippen LogP contribution in [0.15, 0.2) is 81.7 Å². The molecule has 4 rings (SSSR count). The topological polar surface area (TPSA) is 34.1 Å². The third kappa shape index (κ3) is 2.89. The fourth-order valence-corrected chi connectivity index (χ4v) is 4.01. The Kier molecular flexibility index (Phi) is 4.47. The molecule has 0 saturated carbocycles. The molecule has 0 aromatic heterocycles. The van der Waals surface area contributed by atoms with Crippen LogP contribution >= 0.6 is 31.9 Å². The minimum absolute atomic E-state index is 0.114. The summed E-state index contributed by atoms with van der Waals surface area (Å²) in [5.74, 6) is -0.267. The van der Waals surface area contributed by atoms with Crippen molar-refractivity contribution in [2.75, 3.05) is 0 Å². The summed E-state index contributed by atoms with van der Waals surface area (Å²) in [5, 5.41) is 0. The largest absolute Gasteiger partial charge is 0.289 e. The number of hydrogen-bond acceptors (Lipinski definition) is 2. The van der Waals surface area contributed by atoms with E-state index < -0.39 is 0 Å². The van der Waals surface area contributed by atoms with Crippen LogP contribution in [0.1, 0.15) is 31.8 Å². The Balaban J connectivity index is 1.98. The van der Waals surface area contributed by atoms with Gasteiger partial charge in [-0.05, 0) is 35.4 Å². The molecule has 126 valence electrons. The molecule has 4 heteroatoms. The predicted octanol–water partition coefficient (Wildman–Crippen LogP) is 6.20. The fourth-order valence-electron chi connectivity index (χ4n) is 3.21. The van der Waals surface area contributed by atoms with Crippen LogP contribution in [-0.4, -0.2) is 11.6 Å². The summed E-state index contributed by atoms with van der Waals surface area (Å²) in [6.45, 7) is 0. The number of halogens is 2. The lowest BCUT2D eigenvalue weighted by molar-refractivity contribution is 0.104. The van der Waals surface area contributed by atoms with E-state index in [9.17, 15) is 9.59 Å². The zero-order valence-corrected chi connectivity index (χ0v) is 16.7. The molecule has 0 bridgehead atoms. The Morgan fingerprint density at radius 2 is 1.38 bits per heavy atom. The van der Waals surface area contributed by atoms with Gasteiger partial charge in [-0.15, -0.1) is 0 Å². The van der Waals surface area contributed by atoms with E-state index in [0.29, 0.717) is 27.8 Å². The van der Waals surface area contributed by atoms with Crippen LogP contribution in [0.3, 0.4) is 0 Å². The molecule has 26 heavy (non-hydrogen) atoms. The van der Waals surface area contributed by atoms with Crippen molar-refractivity contribution in [2.24, 2.45) is 0 Å². The van der Waals surface area contributed by atoms with Crippen molar-refractivity contribution in [1.82, 2.24) is 0 Å². The van der Waals surface area contributed by atoms with Crippen molar-refractivity contribution in [3.63, 3.8) is 0 Å². The first-order valence-corrected chi connectivity index (χ1v) is 9.59. The van der Waals surface area contributed by atoms with Crippen molar-refractivity contribution in [1.29, 1.82) is 0 Å². The van der Waals surface area contributed by atoms with Gasteiger partial charge in [-0.25, -0.2) is 0 Å². The van der Waals surface area contributed by atoms with Gasteiger partial charge in [0.1, 0.15) is 0 Å². The van der Waals surface area contributed by atoms with E-state index in [4.69, 9.17) is 0 Å². The molecule has 1 aliphatic rings. The molecule has 0 spiro atoms. The number of carbonyl (C=O) groups excluding carboxylic acids is 2. The number of benzene rings is 3. The maximum absolute atomic E-state index is 13.3. The van der Waals surface area contributed by atoms with Gasteiger partial charge in [0, 0.05) is 31.2 Å². The summed E-state index contributed by atoms with van der Waals surface area (Å²) >= 11 is 6.86. The summed E-state index contributed by atoms with van der Waals surface area (Å²) in [6, 6.07) is 22.0. The molecule has 3 aromatic rings. The van der Waals surface area contributed by atoms with E-state index in [1.165, 1.54) is 0 Å². The van der Waals surface area contributed by atoms with Gasteiger partial charge >= 0.3 is 0 Å². The number of carbonyl (C=O) groups is 2. The van der Waals surface area contributed by atoms with Crippen molar-refractivity contribution < 1.29 is 9.59 Å². The van der Waals surface area contributed by atoms with Gasteiger partial charge in [-0.2, -0.15) is 0 Å². The van der Waals surface area contributed by atoms with Gasteiger partial charge in [0.05, 0.1) is 0 Å². The van der Waals surface area contributed by atoms with Crippen LogP contribution in [0.2, 0.25) is 0 Å². The Morgan fingerprint density at radius 1 is 0.731 bits per heavy atom. The second-order valence-corrected chi connectivity index (χ2v) is 7.81. The van der Waals surface area contributed by atoms with Crippen LogP contribution in [0, 0.1) is 0 Å². The van der Waals surface area contributed by atoms with E-state index in [-0.39, 0.29) is 11.6 Å². The van der Waals surface area contributed by atoms with Gasteiger partial charge < -0.3 is 0 Å². The summed E-state index contributed by atoms with van der Waals surface area (Å²) in [5.41, 5.74) is 3.46. The Labute approximate surface area is 167 Å². The van der Waals surface area contributed by atoms with Gasteiger partial charge in [-0.1, -0.05) is 80.4 Å². The molecule has 0 saturated heterocycles. The van der Waals surface area contributed by atoms with Crippen LogP contribution in [0.4, 0.5) is 0 Å². The van der Waals surface area contributed by atoms with Gasteiger partial charge in [0.15, 0.2) is 11.6 Å². The second kappa shape index (κ2) is 6.78. The average Bonchev–Trinajstić information content (AvgIpc) is 2.94. The Hall–Kier alpha value is -2.30. The highest BCUT2D eigenvalue weighted by molar-refractivity contribution is 9.10. The van der Waals surface area contributed by atoms with E-state index in [0.717, 1.165) is 14.5 Å². The second-order valence-electron chi connectivity index (χ2n) is 5.97. The van der Waals surface area contributed by atoms with E-state index in [1.807, 2.05) is 54.6 Å². The smallest absolute Gasteiger partial charge is 0.195 e. The maximum atomic E-state index is 13.3. The fraction of sp³-hybridized carbons (Fsp3) is 0. The van der Waals surface area contributed by atoms with Crippen molar-refractivity contribution in [3.05, 3.63) is 104 Å². The number of rotatable bonds is 3. The first kappa shape index (κ1) is 17.1. The SMILES string of the molecule is O=C(C1=C(c2cccc(Br)c2)C(=O)c2ccccc21)c1cccc(Br)c1. The zero-order valence-electron chi connectivity index (χ0n) is 13.5. The van der Waals surface area contributed by atoms with E-state index in [2.05, 4.69) is 31.9 Å². The minimum atomic E-state index is -0.153. The van der Waals surface area contributed by atoms with Gasteiger partial charge in [-0.3, -0.25) is 9.59 Å². The lowest BCUT2D eigenvalue weighted by Crippen LogP contribution is -2.04. The highest BCUT2D eigenvalue weighted by Crippen LogP contribution is 2.40. The van der Waals surface area contributed by atoms with Crippen LogP contribution in [0.25, 0.3) is 11.1 Å². The number of allylic oxidation sites excluding steroid dienone is 2. The molecule has 2 nitrogen and oxygen atoms in total. The molecule has 0 unspecified atom stereocenters. The lowest BCUT2D eigenvalue weighted by Gasteiger charge is -2.08. The van der Waals surface area contributed by atoms with Crippen LogP contribution in [0.5, 0.6) is 0 Å². The van der Waals surface area contributed by atoms with Gasteiger partial charge in [0.2, 0.25) is 0 Å². The van der Waals surface area contributed by atoms with Gasteiger partial charge in [0.25, 0.3) is 0 Å². The van der Waals surface area contributed by atoms with Crippen molar-refractivity contribution in [2.45, 2.75) is 0 Å². The predicted molar refractivity (Wildman–Crippen MR) is 110 cm³/mol. The van der Waals surface area contributed by atoms with Crippen molar-refractivity contribution >= 4 is 54.6 Å². The monoisotopic (exact) mass is 466 g/mol. The number of fused-ring (bicyclic) bond motifs is 1. The first-order chi connectivity index (χ1) is 12.6. The summed E-state index contributed by atoms with van der Waals surface area (Å²) in [4.78, 5) is 26.4. The van der Waals surface area contributed by atoms with E-state index >= 15 is 0 Å². The number of ketones is 2. The molecule has 0 fully saturated rings. The number of hydrogen-bond donors (Lipinski definition) is 0. The molecule has 0 N–H and O–H groups in total. The Morgan fingerprint density at radius 3 is 2.08 bits per heavy atom. The number of Topliss-reactive ketones (excluding diaryl/α,β-unsaturated/α-hetero) is 2. The lowest BCUT2D eigenvalue weighted by atomic mass is 9.93. The normalized spacial score (nSPS) is 13.1. The molecular formula is C22H12Br2O2. The molecule has 0 atom stereocenters. The quantitative estimate of drug-likeness (QED) is 0.429. The minimum Gasteiger partial charge on any atom is -0.289 e. The highest BCUT2D eigenvalue weighted by atomic mass is 79.9. The highest BCUT2D eigenvalue weighted by Gasteiger charge is 2.34. The molecule has 3 aromatic carbocycles. The zero-order chi connectivity index (χ0) is 18.3. The van der Waals surface area contributed by atoms with E-state index in [1.54, 1.807) is 18.2 Å². The third-order valence-corrected chi connectivity index (χ3v) is 5.33. The molecule has 0 amide bonds.